The second-order valence-corrected chi connectivity index (χ2v) is 12.7. The van der Waals surface area contributed by atoms with Gasteiger partial charge in [0, 0.05) is 26.7 Å². The van der Waals surface area contributed by atoms with E-state index in [2.05, 4.69) is 90.1 Å². The fourth-order valence-corrected chi connectivity index (χ4v) is 6.59. The van der Waals surface area contributed by atoms with E-state index in [4.69, 9.17) is 14.4 Å². The van der Waals surface area contributed by atoms with Crippen LogP contribution in [0.25, 0.3) is 54.5 Å². The maximum absolute atomic E-state index is 5.97. The van der Waals surface area contributed by atoms with Gasteiger partial charge in [0.2, 0.25) is 5.71 Å². The highest BCUT2D eigenvalue weighted by Gasteiger charge is 2.21. The van der Waals surface area contributed by atoms with Gasteiger partial charge in [-0.15, -0.1) is 11.3 Å². The van der Waals surface area contributed by atoms with Crippen molar-refractivity contribution in [1.82, 2.24) is 9.97 Å². The van der Waals surface area contributed by atoms with Crippen molar-refractivity contribution in [3.8, 4) is 22.4 Å². The number of nitrogens with zero attached hydrogens (tertiary/aromatic N) is 2. The minimum atomic E-state index is -0.0244. The molecule has 0 aliphatic heterocycles. The molecule has 186 valence electrons. The summed E-state index contributed by atoms with van der Waals surface area (Å²) in [7, 11) is 0. The molecule has 0 saturated heterocycles. The monoisotopic (exact) mass is 504 g/mol. The molecule has 0 aliphatic carbocycles. The summed E-state index contributed by atoms with van der Waals surface area (Å²) in [4.78, 5) is 11.1. The van der Waals surface area contributed by atoms with Crippen molar-refractivity contribution in [2.45, 2.75) is 53.4 Å². The molecule has 6 rings (SSSR count). The number of hydrogen-bond acceptors (Lipinski definition) is 4. The fraction of sp³-hybridized carbons (Fsp3) is 0.273. The number of rotatable bonds is 4. The third-order valence-corrected chi connectivity index (χ3v) is 8.16. The Kier molecular flexibility index (Phi) is 5.68. The highest BCUT2D eigenvalue weighted by Crippen LogP contribution is 2.39. The van der Waals surface area contributed by atoms with Crippen LogP contribution in [0.1, 0.15) is 50.6 Å². The molecule has 0 aliphatic rings. The highest BCUT2D eigenvalue weighted by atomic mass is 32.1. The van der Waals surface area contributed by atoms with Crippen LogP contribution in [-0.4, -0.2) is 9.97 Å². The van der Waals surface area contributed by atoms with Crippen LogP contribution in [0.2, 0.25) is 0 Å². The van der Waals surface area contributed by atoms with Crippen LogP contribution in [0.15, 0.2) is 71.5 Å². The average molecular weight is 505 g/mol. The van der Waals surface area contributed by atoms with E-state index in [0.29, 0.717) is 11.6 Å². The van der Waals surface area contributed by atoms with Crippen molar-refractivity contribution in [3.05, 3.63) is 83.1 Å². The van der Waals surface area contributed by atoms with Crippen molar-refractivity contribution in [3.63, 3.8) is 0 Å². The van der Waals surface area contributed by atoms with Crippen LogP contribution in [0.4, 0.5) is 0 Å². The van der Waals surface area contributed by atoms with Crippen LogP contribution < -0.4 is 0 Å². The second kappa shape index (κ2) is 8.81. The largest absolute Gasteiger partial charge is 0.446 e. The van der Waals surface area contributed by atoms with E-state index in [-0.39, 0.29) is 5.41 Å². The zero-order chi connectivity index (χ0) is 25.9. The Labute approximate surface area is 222 Å². The number of fused-ring (bicyclic) bond motifs is 3. The van der Waals surface area contributed by atoms with Crippen molar-refractivity contribution >= 4 is 43.4 Å². The molecule has 6 aromatic rings. The molecular weight excluding hydrogens is 472 g/mol. The number of furan rings is 1. The first kappa shape index (κ1) is 23.9. The molecule has 4 aromatic heterocycles. The Morgan fingerprint density at radius 1 is 0.973 bits per heavy atom. The Balaban J connectivity index is 1.56. The van der Waals surface area contributed by atoms with E-state index < -0.39 is 0 Å². The fourth-order valence-electron chi connectivity index (χ4n) is 5.27. The number of hydrogen-bond donors (Lipinski definition) is 0. The van der Waals surface area contributed by atoms with Crippen LogP contribution in [0.5, 0.6) is 0 Å². The van der Waals surface area contributed by atoms with Crippen LogP contribution in [0, 0.1) is 12.8 Å². The number of pyridine rings is 2. The first-order valence-corrected chi connectivity index (χ1v) is 13.8. The Morgan fingerprint density at radius 3 is 2.59 bits per heavy atom. The summed E-state index contributed by atoms with van der Waals surface area (Å²) in [5, 5.41) is 3.58. The smallest absolute Gasteiger partial charge is 0.227 e. The molecule has 4 heterocycles. The standard InChI is InChI=1S/C33H32N2OS/c1-19(2)12-24-13-22-10-9-21(16-30(22)37-24)26-17-28(35-32-31(26)20(3)18-36-32)23-14-27(33(4,5)6)25-8-7-11-34-29(25)15-23/h7-11,13-19H,12H2,1-6H3. The first-order chi connectivity index (χ1) is 17.7. The van der Waals surface area contributed by atoms with Crippen molar-refractivity contribution < 1.29 is 4.42 Å². The van der Waals surface area contributed by atoms with Gasteiger partial charge < -0.3 is 4.42 Å². The van der Waals surface area contributed by atoms with Gasteiger partial charge in [-0.05, 0) is 88.7 Å². The Bertz CT molecular complexity index is 1780. The van der Waals surface area contributed by atoms with Crippen LogP contribution in [0.3, 0.4) is 0 Å². The number of thiophene rings is 1. The third-order valence-electron chi connectivity index (χ3n) is 7.04. The van der Waals surface area contributed by atoms with Crippen molar-refractivity contribution in [2.75, 3.05) is 0 Å². The zero-order valence-corrected chi connectivity index (χ0v) is 23.2. The summed E-state index contributed by atoms with van der Waals surface area (Å²) >= 11 is 1.91. The SMILES string of the molecule is Cc1coc2nc(-c3cc(C(C)(C)C)c4cccnc4c3)cc(-c3ccc4cc(CC(C)C)sc4c3)c12. The molecule has 4 heteroatoms. The first-order valence-electron chi connectivity index (χ1n) is 13.0. The van der Waals surface area contributed by atoms with Gasteiger partial charge in [0.1, 0.15) is 0 Å². The van der Waals surface area contributed by atoms with E-state index in [0.717, 1.165) is 39.7 Å². The van der Waals surface area contributed by atoms with E-state index in [1.807, 2.05) is 29.9 Å². The highest BCUT2D eigenvalue weighted by molar-refractivity contribution is 7.19. The molecule has 0 atom stereocenters. The van der Waals surface area contributed by atoms with E-state index in [1.54, 1.807) is 0 Å². The topological polar surface area (TPSA) is 38.9 Å². The predicted molar refractivity (Wildman–Crippen MR) is 158 cm³/mol. The lowest BCUT2D eigenvalue weighted by Crippen LogP contribution is -2.12. The lowest BCUT2D eigenvalue weighted by Gasteiger charge is -2.22. The number of aromatic nitrogens is 2. The van der Waals surface area contributed by atoms with E-state index in [1.165, 1.54) is 31.5 Å². The molecule has 0 N–H and O–H groups in total. The van der Waals surface area contributed by atoms with Gasteiger partial charge >= 0.3 is 0 Å². The van der Waals surface area contributed by atoms with Gasteiger partial charge in [0.25, 0.3) is 0 Å². The summed E-state index contributed by atoms with van der Waals surface area (Å²) < 4.78 is 7.29. The van der Waals surface area contributed by atoms with Gasteiger partial charge in [-0.3, -0.25) is 4.98 Å². The molecule has 0 saturated carbocycles. The molecule has 0 amide bonds. The van der Waals surface area contributed by atoms with Gasteiger partial charge in [-0.1, -0.05) is 52.8 Å². The molecule has 0 radical (unpaired) electrons. The van der Waals surface area contributed by atoms with Crippen LogP contribution in [-0.2, 0) is 11.8 Å². The summed E-state index contributed by atoms with van der Waals surface area (Å²) in [6.45, 7) is 13.4. The minimum Gasteiger partial charge on any atom is -0.446 e. The quantitative estimate of drug-likeness (QED) is 0.240. The summed E-state index contributed by atoms with van der Waals surface area (Å²) in [5.41, 5.74) is 8.33. The van der Waals surface area contributed by atoms with Gasteiger partial charge in [0.15, 0.2) is 0 Å². The molecule has 0 fully saturated rings. The van der Waals surface area contributed by atoms with Crippen molar-refractivity contribution in [2.24, 2.45) is 5.92 Å². The molecule has 37 heavy (non-hydrogen) atoms. The number of benzene rings is 2. The molecule has 2 aromatic carbocycles. The average Bonchev–Trinajstić information content (AvgIpc) is 3.43. The third kappa shape index (κ3) is 4.34. The van der Waals surface area contributed by atoms with E-state index >= 15 is 0 Å². The predicted octanol–water partition coefficient (Wildman–Crippen LogP) is 9.73. The summed E-state index contributed by atoms with van der Waals surface area (Å²) in [5.74, 6) is 0.651. The molecule has 0 unspecified atom stereocenters. The normalized spacial score (nSPS) is 12.4. The van der Waals surface area contributed by atoms with Crippen molar-refractivity contribution in [1.29, 1.82) is 0 Å². The van der Waals surface area contributed by atoms with Crippen LogP contribution >= 0.6 is 11.3 Å². The van der Waals surface area contributed by atoms with Gasteiger partial charge in [-0.25, -0.2) is 4.98 Å². The second-order valence-electron chi connectivity index (χ2n) is 11.6. The lowest BCUT2D eigenvalue weighted by atomic mass is 9.83. The zero-order valence-electron chi connectivity index (χ0n) is 22.3. The molecule has 0 bridgehead atoms. The maximum atomic E-state index is 5.97. The van der Waals surface area contributed by atoms with E-state index in [9.17, 15) is 0 Å². The van der Waals surface area contributed by atoms with Gasteiger partial charge in [0.05, 0.1) is 22.9 Å². The maximum Gasteiger partial charge on any atom is 0.227 e. The minimum absolute atomic E-state index is 0.0244. The summed E-state index contributed by atoms with van der Waals surface area (Å²) in [6.07, 6.45) is 4.80. The molecule has 3 nitrogen and oxygen atoms in total. The molecule has 0 spiro atoms. The Hall–Kier alpha value is -3.50. The number of aryl methyl sites for hydroxylation is 1. The Morgan fingerprint density at radius 2 is 1.81 bits per heavy atom. The summed E-state index contributed by atoms with van der Waals surface area (Å²) in [6, 6.07) is 20.0. The lowest BCUT2D eigenvalue weighted by molar-refractivity contribution is 0.596. The molecular formula is C33H32N2OS. The van der Waals surface area contributed by atoms with Gasteiger partial charge in [-0.2, -0.15) is 0 Å².